The Morgan fingerprint density at radius 2 is 1.69 bits per heavy atom. The Bertz CT molecular complexity index is 323. The van der Waals surface area contributed by atoms with Gasteiger partial charge in [-0.15, -0.1) is 0 Å². The van der Waals surface area contributed by atoms with Gasteiger partial charge in [-0.05, 0) is 18.3 Å². The summed E-state index contributed by atoms with van der Waals surface area (Å²) >= 11 is 0. The molecule has 1 aromatic rings. The minimum Gasteiger partial charge on any atom is -0.345 e. The molecule has 2 heteroatoms. The summed E-state index contributed by atoms with van der Waals surface area (Å²) in [7, 11) is 0. The predicted octanol–water partition coefficient (Wildman–Crippen LogP) is 4.56. The average Bonchev–Trinajstić information content (AvgIpc) is 2.62. The van der Waals surface area contributed by atoms with Gasteiger partial charge in [-0.3, -0.25) is 0 Å². The molecule has 0 fully saturated rings. The first-order valence-corrected chi connectivity index (χ1v) is 6.57. The first-order valence-electron chi connectivity index (χ1n) is 6.57. The number of hydrogen-bond acceptors (Lipinski definition) is 1. The summed E-state index contributed by atoms with van der Waals surface area (Å²) in [6.45, 7) is 13.4. The number of H-pyrrole nitrogens is 1. The van der Waals surface area contributed by atoms with Crippen molar-refractivity contribution in [2.24, 2.45) is 0 Å². The highest BCUT2D eigenvalue weighted by Crippen LogP contribution is 2.28. The summed E-state index contributed by atoms with van der Waals surface area (Å²) < 4.78 is 0. The molecule has 0 aliphatic heterocycles. The van der Waals surface area contributed by atoms with E-state index in [0.717, 1.165) is 5.82 Å². The third-order valence-electron chi connectivity index (χ3n) is 3.09. The van der Waals surface area contributed by atoms with Crippen molar-refractivity contribution < 1.29 is 0 Å². The SMILES string of the molecule is CCCC(C)c1[nH]c(C(C)C)nc1C(C)C. The largest absolute Gasteiger partial charge is 0.345 e. The fourth-order valence-electron chi connectivity index (χ4n) is 2.09. The van der Waals surface area contributed by atoms with Crippen molar-refractivity contribution in [3.8, 4) is 0 Å². The predicted molar refractivity (Wildman–Crippen MR) is 70.1 cm³/mol. The molecule has 0 radical (unpaired) electrons. The molecule has 1 rings (SSSR count). The molecule has 1 unspecified atom stereocenters. The second kappa shape index (κ2) is 5.51. The van der Waals surface area contributed by atoms with Crippen LogP contribution in [0.15, 0.2) is 0 Å². The summed E-state index contributed by atoms with van der Waals surface area (Å²) in [5.74, 6) is 2.74. The fraction of sp³-hybridized carbons (Fsp3) is 0.786. The zero-order chi connectivity index (χ0) is 12.3. The maximum absolute atomic E-state index is 4.76. The smallest absolute Gasteiger partial charge is 0.109 e. The lowest BCUT2D eigenvalue weighted by atomic mass is 9.96. The van der Waals surface area contributed by atoms with Crippen LogP contribution in [0.5, 0.6) is 0 Å². The number of aromatic nitrogens is 2. The molecule has 2 nitrogen and oxygen atoms in total. The van der Waals surface area contributed by atoms with Crippen LogP contribution in [0.3, 0.4) is 0 Å². The van der Waals surface area contributed by atoms with E-state index in [1.54, 1.807) is 0 Å². The van der Waals surface area contributed by atoms with Gasteiger partial charge in [0.1, 0.15) is 5.82 Å². The molecular formula is C14H26N2. The molecular weight excluding hydrogens is 196 g/mol. The standard InChI is InChI=1S/C14H26N2/c1-7-8-11(6)13-12(9(2)3)15-14(16-13)10(4)5/h9-11H,7-8H2,1-6H3,(H,15,16). The minimum atomic E-state index is 0.486. The third-order valence-corrected chi connectivity index (χ3v) is 3.09. The first kappa shape index (κ1) is 13.3. The number of imidazole rings is 1. The number of nitrogens with one attached hydrogen (secondary N) is 1. The van der Waals surface area contributed by atoms with E-state index < -0.39 is 0 Å². The molecule has 1 atom stereocenters. The normalized spacial score (nSPS) is 13.8. The van der Waals surface area contributed by atoms with Gasteiger partial charge < -0.3 is 4.98 Å². The van der Waals surface area contributed by atoms with Crippen LogP contribution in [-0.2, 0) is 0 Å². The van der Waals surface area contributed by atoms with E-state index in [0.29, 0.717) is 17.8 Å². The highest BCUT2D eigenvalue weighted by molar-refractivity contribution is 5.22. The van der Waals surface area contributed by atoms with Gasteiger partial charge in [-0.1, -0.05) is 48.0 Å². The summed E-state index contributed by atoms with van der Waals surface area (Å²) in [5, 5.41) is 0. The van der Waals surface area contributed by atoms with Crippen LogP contribution in [-0.4, -0.2) is 9.97 Å². The van der Waals surface area contributed by atoms with Crippen molar-refractivity contribution in [3.63, 3.8) is 0 Å². The van der Waals surface area contributed by atoms with E-state index in [1.165, 1.54) is 24.2 Å². The van der Waals surface area contributed by atoms with Crippen molar-refractivity contribution in [1.29, 1.82) is 0 Å². The van der Waals surface area contributed by atoms with Crippen LogP contribution in [0.2, 0.25) is 0 Å². The molecule has 0 spiro atoms. The Morgan fingerprint density at radius 1 is 1.06 bits per heavy atom. The molecule has 0 amide bonds. The monoisotopic (exact) mass is 222 g/mol. The van der Waals surface area contributed by atoms with Crippen molar-refractivity contribution in [2.75, 3.05) is 0 Å². The fourth-order valence-corrected chi connectivity index (χ4v) is 2.09. The third kappa shape index (κ3) is 2.87. The molecule has 0 aliphatic rings. The van der Waals surface area contributed by atoms with Crippen molar-refractivity contribution >= 4 is 0 Å². The molecule has 0 saturated heterocycles. The van der Waals surface area contributed by atoms with Crippen LogP contribution in [0.1, 0.15) is 89.4 Å². The van der Waals surface area contributed by atoms with E-state index in [-0.39, 0.29) is 0 Å². The number of hydrogen-bond donors (Lipinski definition) is 1. The lowest BCUT2D eigenvalue weighted by molar-refractivity contribution is 0.634. The van der Waals surface area contributed by atoms with E-state index in [2.05, 4.69) is 46.5 Å². The van der Waals surface area contributed by atoms with Crippen LogP contribution in [0.25, 0.3) is 0 Å². The highest BCUT2D eigenvalue weighted by Gasteiger charge is 2.18. The second-order valence-electron chi connectivity index (χ2n) is 5.42. The van der Waals surface area contributed by atoms with Crippen LogP contribution in [0.4, 0.5) is 0 Å². The Labute approximate surface area is 99.9 Å². The molecule has 0 saturated carbocycles. The molecule has 0 bridgehead atoms. The molecule has 16 heavy (non-hydrogen) atoms. The average molecular weight is 222 g/mol. The lowest BCUT2D eigenvalue weighted by Gasteiger charge is -2.12. The second-order valence-corrected chi connectivity index (χ2v) is 5.42. The van der Waals surface area contributed by atoms with Crippen LogP contribution >= 0.6 is 0 Å². The molecule has 1 N–H and O–H groups in total. The lowest BCUT2D eigenvalue weighted by Crippen LogP contribution is -2.00. The molecule has 0 aliphatic carbocycles. The van der Waals surface area contributed by atoms with Gasteiger partial charge in [0.2, 0.25) is 0 Å². The van der Waals surface area contributed by atoms with Gasteiger partial charge in [-0.25, -0.2) is 4.98 Å². The summed E-state index contributed by atoms with van der Waals surface area (Å²) in [5.41, 5.74) is 2.63. The number of nitrogens with zero attached hydrogens (tertiary/aromatic N) is 1. The van der Waals surface area contributed by atoms with Crippen LogP contribution < -0.4 is 0 Å². The Kier molecular flexibility index (Phi) is 4.57. The van der Waals surface area contributed by atoms with Crippen molar-refractivity contribution in [1.82, 2.24) is 9.97 Å². The van der Waals surface area contributed by atoms with Gasteiger partial charge in [0.25, 0.3) is 0 Å². The highest BCUT2D eigenvalue weighted by atomic mass is 14.9. The molecule has 1 aromatic heterocycles. The summed E-state index contributed by atoms with van der Waals surface area (Å²) in [6, 6.07) is 0. The van der Waals surface area contributed by atoms with E-state index in [1.807, 2.05) is 0 Å². The molecule has 0 aromatic carbocycles. The maximum atomic E-state index is 4.76. The number of rotatable bonds is 5. The van der Waals surface area contributed by atoms with Gasteiger partial charge in [0.15, 0.2) is 0 Å². The Balaban J connectivity index is 3.04. The van der Waals surface area contributed by atoms with Crippen molar-refractivity contribution in [2.45, 2.75) is 72.1 Å². The summed E-state index contributed by atoms with van der Waals surface area (Å²) in [6.07, 6.45) is 2.47. The quantitative estimate of drug-likeness (QED) is 0.777. The zero-order valence-electron chi connectivity index (χ0n) is 11.6. The van der Waals surface area contributed by atoms with Crippen molar-refractivity contribution in [3.05, 3.63) is 17.2 Å². The number of aromatic amines is 1. The maximum Gasteiger partial charge on any atom is 0.109 e. The van der Waals surface area contributed by atoms with E-state index in [9.17, 15) is 0 Å². The van der Waals surface area contributed by atoms with Crippen LogP contribution in [0, 0.1) is 0 Å². The van der Waals surface area contributed by atoms with Gasteiger partial charge in [-0.2, -0.15) is 0 Å². The molecule has 1 heterocycles. The minimum absolute atomic E-state index is 0.486. The Hall–Kier alpha value is -0.790. The van der Waals surface area contributed by atoms with Gasteiger partial charge in [0, 0.05) is 11.6 Å². The van der Waals surface area contributed by atoms with Gasteiger partial charge in [0.05, 0.1) is 5.69 Å². The van der Waals surface area contributed by atoms with E-state index in [4.69, 9.17) is 4.98 Å². The zero-order valence-corrected chi connectivity index (χ0v) is 11.6. The van der Waals surface area contributed by atoms with E-state index >= 15 is 0 Å². The first-order chi connectivity index (χ1) is 7.47. The molecule has 92 valence electrons. The topological polar surface area (TPSA) is 28.7 Å². The summed E-state index contributed by atoms with van der Waals surface area (Å²) in [4.78, 5) is 8.29. The Morgan fingerprint density at radius 3 is 2.12 bits per heavy atom. The van der Waals surface area contributed by atoms with Gasteiger partial charge >= 0.3 is 0 Å².